The van der Waals surface area contributed by atoms with Crippen molar-refractivity contribution in [3.63, 3.8) is 0 Å². The minimum absolute atomic E-state index is 0.0682. The molecule has 0 aliphatic carbocycles. The van der Waals surface area contributed by atoms with Gasteiger partial charge in [0.15, 0.2) is 0 Å². The van der Waals surface area contributed by atoms with E-state index in [1.165, 1.54) is 173 Å². The molecule has 0 aromatic heterocycles. The van der Waals surface area contributed by atoms with Gasteiger partial charge < -0.3 is 20.3 Å². The molecule has 0 bridgehead atoms. The highest BCUT2D eigenvalue weighted by molar-refractivity contribution is 5.77. The van der Waals surface area contributed by atoms with Crippen LogP contribution < -0.4 is 5.32 Å². The molecule has 6 nitrogen and oxygen atoms in total. The quantitative estimate of drug-likeness (QED) is 0.0245. The Balaban J connectivity index is 4.58. The van der Waals surface area contributed by atoms with Crippen LogP contribution in [0.25, 0.3) is 0 Å². The highest BCUT2D eigenvalue weighted by Gasteiger charge is 2.24. The Morgan fingerprint density at radius 1 is 0.453 bits per heavy atom. The van der Waals surface area contributed by atoms with Crippen LogP contribution in [0.2, 0.25) is 0 Å². The molecule has 0 aromatic rings. The molecule has 64 heavy (non-hydrogen) atoms. The van der Waals surface area contributed by atoms with Crippen molar-refractivity contribution in [3.8, 4) is 0 Å². The van der Waals surface area contributed by atoms with E-state index in [4.69, 9.17) is 4.74 Å². The number of allylic oxidation sites excluding steroid dienone is 6. The van der Waals surface area contributed by atoms with Crippen LogP contribution in [0.3, 0.4) is 0 Å². The average molecular weight is 901 g/mol. The van der Waals surface area contributed by atoms with Crippen LogP contribution in [0.15, 0.2) is 36.5 Å². The third kappa shape index (κ3) is 46.6. The van der Waals surface area contributed by atoms with Gasteiger partial charge in [0.1, 0.15) is 6.10 Å². The number of unbranched alkanes of at least 4 members (excludes halogenated alkanes) is 34. The van der Waals surface area contributed by atoms with Gasteiger partial charge in [-0.25, -0.2) is 0 Å². The van der Waals surface area contributed by atoms with Crippen molar-refractivity contribution >= 4 is 11.9 Å². The first-order valence-electron chi connectivity index (χ1n) is 28.2. The molecule has 6 heteroatoms. The zero-order valence-corrected chi connectivity index (χ0v) is 42.9. The summed E-state index contributed by atoms with van der Waals surface area (Å²) >= 11 is 0. The fraction of sp³-hybridized carbons (Fsp3) is 0.862. The Labute approximate surface area is 398 Å². The summed E-state index contributed by atoms with van der Waals surface area (Å²) in [6, 6.07) is -0.705. The molecule has 0 aliphatic heterocycles. The highest BCUT2D eigenvalue weighted by atomic mass is 16.5. The van der Waals surface area contributed by atoms with Crippen LogP contribution in [0.1, 0.15) is 297 Å². The maximum Gasteiger partial charge on any atom is 0.306 e. The van der Waals surface area contributed by atoms with Crippen molar-refractivity contribution < 1.29 is 24.5 Å². The molecule has 0 rings (SSSR count). The zero-order valence-electron chi connectivity index (χ0n) is 42.9. The fourth-order valence-corrected chi connectivity index (χ4v) is 8.65. The van der Waals surface area contributed by atoms with Gasteiger partial charge in [0.2, 0.25) is 5.91 Å². The maximum absolute atomic E-state index is 13.2. The van der Waals surface area contributed by atoms with Gasteiger partial charge in [0.25, 0.3) is 0 Å². The van der Waals surface area contributed by atoms with E-state index in [1.54, 1.807) is 0 Å². The monoisotopic (exact) mass is 900 g/mol. The van der Waals surface area contributed by atoms with E-state index < -0.39 is 18.2 Å². The topological polar surface area (TPSA) is 95.9 Å². The van der Waals surface area contributed by atoms with Crippen molar-refractivity contribution in [2.24, 2.45) is 0 Å². The normalized spacial score (nSPS) is 13.4. The Hall–Kier alpha value is -1.92. The van der Waals surface area contributed by atoms with Crippen molar-refractivity contribution in [1.29, 1.82) is 0 Å². The predicted octanol–water partition coefficient (Wildman–Crippen LogP) is 17.2. The van der Waals surface area contributed by atoms with E-state index >= 15 is 0 Å². The number of amides is 1. The largest absolute Gasteiger partial charge is 0.462 e. The lowest BCUT2D eigenvalue weighted by Gasteiger charge is -2.24. The summed E-state index contributed by atoms with van der Waals surface area (Å²) in [5.74, 6) is -0.487. The van der Waals surface area contributed by atoms with Gasteiger partial charge in [0.05, 0.1) is 25.2 Å². The molecule has 3 N–H and O–H groups in total. The number of nitrogens with one attached hydrogen (secondary N) is 1. The number of aliphatic hydroxyl groups excluding tert-OH is 2. The fourth-order valence-electron chi connectivity index (χ4n) is 8.65. The number of ether oxygens (including phenoxy) is 1. The second-order valence-corrected chi connectivity index (χ2v) is 19.4. The molecular formula is C58H109NO5. The molecular weight excluding hydrogens is 791 g/mol. The van der Waals surface area contributed by atoms with Crippen LogP contribution in [0.4, 0.5) is 0 Å². The van der Waals surface area contributed by atoms with Gasteiger partial charge in [0, 0.05) is 6.42 Å². The molecule has 0 heterocycles. The van der Waals surface area contributed by atoms with Crippen LogP contribution in [-0.4, -0.2) is 46.9 Å². The summed E-state index contributed by atoms with van der Waals surface area (Å²) < 4.78 is 5.95. The van der Waals surface area contributed by atoms with Crippen molar-refractivity contribution in [2.45, 2.75) is 315 Å². The van der Waals surface area contributed by atoms with Gasteiger partial charge in [-0.2, -0.15) is 0 Å². The molecule has 3 atom stereocenters. The summed E-state index contributed by atoms with van der Waals surface area (Å²) in [6.07, 6.45) is 62.0. The predicted molar refractivity (Wildman–Crippen MR) is 278 cm³/mol. The second-order valence-electron chi connectivity index (χ2n) is 19.4. The molecule has 0 saturated heterocycles. The van der Waals surface area contributed by atoms with E-state index in [0.29, 0.717) is 19.3 Å². The lowest BCUT2D eigenvalue weighted by molar-refractivity contribution is -0.151. The third-order valence-corrected chi connectivity index (χ3v) is 13.0. The number of rotatable bonds is 51. The Bertz CT molecular complexity index is 1060. The summed E-state index contributed by atoms with van der Waals surface area (Å²) in [5, 5.41) is 23.8. The number of carbonyl (C=O) groups excluding carboxylic acids is 2. The van der Waals surface area contributed by atoms with Gasteiger partial charge >= 0.3 is 5.97 Å². The number of hydrogen-bond acceptors (Lipinski definition) is 5. The molecule has 0 spiro atoms. The summed E-state index contributed by atoms with van der Waals surface area (Å²) in [5.41, 5.74) is 0. The maximum atomic E-state index is 13.2. The van der Waals surface area contributed by atoms with Gasteiger partial charge in [-0.05, 0) is 77.0 Å². The SMILES string of the molecule is CCCCCCCC/C=C/CCCCCCCC(CC(=O)NC(CO)C(O)CCCCCCCCCCCCCC)OC(=O)CCCCCCC/C=C/C=C/CCCCCCCCC. The molecule has 3 unspecified atom stereocenters. The number of esters is 1. The number of hydrogen-bond donors (Lipinski definition) is 3. The summed E-state index contributed by atoms with van der Waals surface area (Å²) in [4.78, 5) is 26.2. The van der Waals surface area contributed by atoms with Crippen LogP contribution in [0.5, 0.6) is 0 Å². The standard InChI is InChI=1S/C58H109NO5/c1-4-7-10-13-16-19-22-25-27-28-29-31-33-36-39-42-45-48-51-58(63)64-54(49-46-43-40-37-34-32-30-26-23-20-17-14-11-8-5-2)52-57(62)59-55(53-60)56(61)50-47-44-41-38-35-24-21-18-15-12-9-6-3/h26-31,54-56,60-61H,4-25,32-53H2,1-3H3,(H,59,62)/b28-27+,30-26+,31-29+. The van der Waals surface area contributed by atoms with E-state index in [2.05, 4.69) is 62.5 Å². The van der Waals surface area contributed by atoms with E-state index in [9.17, 15) is 19.8 Å². The second kappa shape index (κ2) is 52.1. The minimum atomic E-state index is -0.791. The summed E-state index contributed by atoms with van der Waals surface area (Å²) in [6.45, 7) is 6.49. The highest BCUT2D eigenvalue weighted by Crippen LogP contribution is 2.18. The van der Waals surface area contributed by atoms with Crippen molar-refractivity contribution in [3.05, 3.63) is 36.5 Å². The van der Waals surface area contributed by atoms with Gasteiger partial charge in [-0.3, -0.25) is 9.59 Å². The van der Waals surface area contributed by atoms with Crippen molar-refractivity contribution in [2.75, 3.05) is 6.61 Å². The lowest BCUT2D eigenvalue weighted by Crippen LogP contribution is -2.46. The summed E-state index contributed by atoms with van der Waals surface area (Å²) in [7, 11) is 0. The van der Waals surface area contributed by atoms with E-state index in [0.717, 1.165) is 77.0 Å². The smallest absolute Gasteiger partial charge is 0.306 e. The molecule has 0 fully saturated rings. The molecule has 0 radical (unpaired) electrons. The van der Waals surface area contributed by atoms with Crippen LogP contribution in [0, 0.1) is 0 Å². The molecule has 0 saturated carbocycles. The first-order chi connectivity index (χ1) is 31.5. The Kier molecular flexibility index (Phi) is 50.5. The first-order valence-corrected chi connectivity index (χ1v) is 28.2. The molecule has 0 aromatic carbocycles. The minimum Gasteiger partial charge on any atom is -0.462 e. The lowest BCUT2D eigenvalue weighted by atomic mass is 10.0. The molecule has 1 amide bonds. The van der Waals surface area contributed by atoms with Gasteiger partial charge in [-0.15, -0.1) is 0 Å². The van der Waals surface area contributed by atoms with E-state index in [1.807, 2.05) is 0 Å². The number of carbonyl (C=O) groups is 2. The number of aliphatic hydroxyl groups is 2. The Morgan fingerprint density at radius 3 is 1.20 bits per heavy atom. The zero-order chi connectivity index (χ0) is 46.7. The van der Waals surface area contributed by atoms with Crippen LogP contribution >= 0.6 is 0 Å². The van der Waals surface area contributed by atoms with Crippen molar-refractivity contribution in [1.82, 2.24) is 5.32 Å². The van der Waals surface area contributed by atoms with Crippen LogP contribution in [-0.2, 0) is 14.3 Å². The Morgan fingerprint density at radius 2 is 0.797 bits per heavy atom. The molecule has 0 aliphatic rings. The molecule has 376 valence electrons. The first kappa shape index (κ1) is 62.1. The average Bonchev–Trinajstić information content (AvgIpc) is 3.29. The van der Waals surface area contributed by atoms with Gasteiger partial charge in [-0.1, -0.05) is 243 Å². The van der Waals surface area contributed by atoms with E-state index in [-0.39, 0.29) is 24.9 Å². The third-order valence-electron chi connectivity index (χ3n) is 13.0.